The molecule has 1 N–H and O–H groups in total. The molecular weight excluding hydrogens is 452 g/mol. The van der Waals surface area contributed by atoms with Gasteiger partial charge in [0, 0.05) is 16.8 Å². The van der Waals surface area contributed by atoms with Crippen molar-refractivity contribution in [2.75, 3.05) is 12.0 Å². The molecule has 0 spiro atoms. The molecule has 8 heteroatoms. The van der Waals surface area contributed by atoms with Crippen LogP contribution in [0.2, 0.25) is 5.02 Å². The summed E-state index contributed by atoms with van der Waals surface area (Å²) in [5, 5.41) is 10.9. The van der Waals surface area contributed by atoms with Crippen molar-refractivity contribution >= 4 is 34.7 Å². The van der Waals surface area contributed by atoms with Gasteiger partial charge in [0.2, 0.25) is 0 Å². The second-order valence-corrected chi connectivity index (χ2v) is 7.88. The quantitative estimate of drug-likeness (QED) is 0.308. The summed E-state index contributed by atoms with van der Waals surface area (Å²) in [5.74, 6) is -3.16. The van der Waals surface area contributed by atoms with Gasteiger partial charge in [-0.05, 0) is 55.0 Å². The van der Waals surface area contributed by atoms with Crippen LogP contribution in [0.3, 0.4) is 0 Å². The maximum Gasteiger partial charge on any atom is 0.300 e. The van der Waals surface area contributed by atoms with E-state index < -0.39 is 35.1 Å². The van der Waals surface area contributed by atoms with E-state index >= 15 is 0 Å². The average molecular weight is 470 g/mol. The Morgan fingerprint density at radius 1 is 1.03 bits per heavy atom. The number of anilines is 1. The number of methoxy groups -OCH3 is 1. The van der Waals surface area contributed by atoms with E-state index in [1.807, 2.05) is 0 Å². The molecule has 0 bridgehead atoms. The number of rotatable bonds is 4. The number of amides is 1. The van der Waals surface area contributed by atoms with Gasteiger partial charge in [-0.1, -0.05) is 29.8 Å². The number of benzene rings is 3. The van der Waals surface area contributed by atoms with Crippen molar-refractivity contribution < 1.29 is 28.2 Å². The lowest BCUT2D eigenvalue weighted by atomic mass is 9.94. The number of aryl methyl sites for hydroxylation is 1. The van der Waals surface area contributed by atoms with Gasteiger partial charge in [0.05, 0.1) is 23.7 Å². The van der Waals surface area contributed by atoms with Crippen LogP contribution in [0, 0.1) is 18.6 Å². The number of hydrogen-bond donors (Lipinski definition) is 1. The molecule has 0 aliphatic carbocycles. The Bertz CT molecular complexity index is 1320. The number of para-hydroxylation sites is 1. The lowest BCUT2D eigenvalue weighted by Gasteiger charge is -2.26. The second kappa shape index (κ2) is 8.67. The number of carbonyl (C=O) groups is 2. The molecule has 1 saturated heterocycles. The Balaban J connectivity index is 2.00. The maximum atomic E-state index is 13.8. The molecule has 1 atom stereocenters. The number of nitrogens with zero attached hydrogens (tertiary/aromatic N) is 1. The van der Waals surface area contributed by atoms with Gasteiger partial charge in [-0.3, -0.25) is 14.5 Å². The van der Waals surface area contributed by atoms with E-state index in [1.54, 1.807) is 24.3 Å². The van der Waals surface area contributed by atoms with Crippen LogP contribution in [-0.2, 0) is 9.59 Å². The van der Waals surface area contributed by atoms with Gasteiger partial charge in [-0.25, -0.2) is 8.78 Å². The van der Waals surface area contributed by atoms with E-state index in [9.17, 15) is 23.5 Å². The largest absolute Gasteiger partial charge is 0.507 e. The van der Waals surface area contributed by atoms with Crippen LogP contribution in [0.25, 0.3) is 5.76 Å². The van der Waals surface area contributed by atoms with Gasteiger partial charge in [-0.2, -0.15) is 0 Å². The van der Waals surface area contributed by atoms with E-state index in [0.717, 1.165) is 17.0 Å². The topological polar surface area (TPSA) is 66.8 Å². The fraction of sp³-hybridized carbons (Fsp3) is 0.120. The van der Waals surface area contributed by atoms with Crippen LogP contribution < -0.4 is 9.64 Å². The van der Waals surface area contributed by atoms with Crippen molar-refractivity contribution in [2.45, 2.75) is 13.0 Å². The number of Topliss-reactive ketones (excluding diaryl/α,β-unsaturated/α-hetero) is 1. The molecule has 3 aromatic rings. The van der Waals surface area contributed by atoms with Crippen molar-refractivity contribution in [2.24, 2.45) is 0 Å². The van der Waals surface area contributed by atoms with Gasteiger partial charge in [0.15, 0.2) is 0 Å². The van der Waals surface area contributed by atoms with E-state index in [1.165, 1.54) is 38.3 Å². The van der Waals surface area contributed by atoms with Gasteiger partial charge in [0.1, 0.15) is 23.1 Å². The molecular formula is C25H18ClF2NO4. The number of aliphatic hydroxyl groups excluding tert-OH is 1. The Labute approximate surface area is 193 Å². The third-order valence-electron chi connectivity index (χ3n) is 5.49. The van der Waals surface area contributed by atoms with E-state index in [0.29, 0.717) is 11.3 Å². The van der Waals surface area contributed by atoms with Crippen molar-refractivity contribution in [3.8, 4) is 5.75 Å². The third-order valence-corrected chi connectivity index (χ3v) is 5.78. The Hall–Kier alpha value is -3.71. The highest BCUT2D eigenvalue weighted by atomic mass is 35.5. The molecule has 1 unspecified atom stereocenters. The van der Waals surface area contributed by atoms with Crippen LogP contribution in [-0.4, -0.2) is 23.9 Å². The molecule has 1 amide bonds. The lowest BCUT2D eigenvalue weighted by Crippen LogP contribution is -2.29. The lowest BCUT2D eigenvalue weighted by molar-refractivity contribution is -0.132. The summed E-state index contributed by atoms with van der Waals surface area (Å²) in [6, 6.07) is 13.1. The summed E-state index contributed by atoms with van der Waals surface area (Å²) in [5.41, 5.74) is 0.793. The maximum absolute atomic E-state index is 13.8. The zero-order valence-corrected chi connectivity index (χ0v) is 18.4. The monoisotopic (exact) mass is 469 g/mol. The highest BCUT2D eigenvalue weighted by Gasteiger charge is 2.48. The highest BCUT2D eigenvalue weighted by Crippen LogP contribution is 2.45. The molecule has 33 heavy (non-hydrogen) atoms. The molecule has 168 valence electrons. The molecule has 1 aliphatic rings. The molecule has 4 rings (SSSR count). The molecule has 3 aromatic carbocycles. The first-order valence-electron chi connectivity index (χ1n) is 9.90. The Morgan fingerprint density at radius 3 is 2.39 bits per heavy atom. The van der Waals surface area contributed by atoms with Crippen LogP contribution in [0.4, 0.5) is 14.5 Å². The first-order valence-corrected chi connectivity index (χ1v) is 10.3. The van der Waals surface area contributed by atoms with Crippen molar-refractivity contribution in [1.29, 1.82) is 0 Å². The predicted molar refractivity (Wildman–Crippen MR) is 120 cm³/mol. The van der Waals surface area contributed by atoms with E-state index in [-0.39, 0.29) is 27.4 Å². The van der Waals surface area contributed by atoms with Gasteiger partial charge < -0.3 is 9.84 Å². The molecule has 5 nitrogen and oxygen atoms in total. The zero-order valence-electron chi connectivity index (χ0n) is 17.6. The number of hydrogen-bond acceptors (Lipinski definition) is 4. The predicted octanol–water partition coefficient (Wildman–Crippen LogP) is 5.56. The average Bonchev–Trinajstić information content (AvgIpc) is 3.07. The zero-order chi connectivity index (χ0) is 23.9. The molecule has 0 saturated carbocycles. The van der Waals surface area contributed by atoms with Gasteiger partial charge in [-0.15, -0.1) is 0 Å². The Morgan fingerprint density at radius 2 is 1.73 bits per heavy atom. The Kier molecular flexibility index (Phi) is 5.91. The summed E-state index contributed by atoms with van der Waals surface area (Å²) in [4.78, 5) is 27.4. The van der Waals surface area contributed by atoms with Crippen molar-refractivity contribution in [3.63, 3.8) is 0 Å². The summed E-state index contributed by atoms with van der Waals surface area (Å²) in [6.07, 6.45) is 0. The van der Waals surface area contributed by atoms with Gasteiger partial charge in [0.25, 0.3) is 11.7 Å². The first-order chi connectivity index (χ1) is 15.7. The summed E-state index contributed by atoms with van der Waals surface area (Å²) in [6.45, 7) is 1.52. The highest BCUT2D eigenvalue weighted by molar-refractivity contribution is 6.51. The standard InChI is InChI=1S/C25H18ClF2NO4/c1-13-11-14(7-9-18(13)27)23(30)21-22(16-5-3-4-6-20(16)33-2)29(25(32)24(21)31)15-8-10-19(28)17(26)12-15/h3-12,22,30H,1-2H3/b23-21+. The van der Waals surface area contributed by atoms with Crippen LogP contribution >= 0.6 is 11.6 Å². The number of halogens is 3. The number of aliphatic hydroxyl groups is 1. The second-order valence-electron chi connectivity index (χ2n) is 7.47. The molecule has 1 fully saturated rings. The third kappa shape index (κ3) is 3.85. The molecule has 0 aromatic heterocycles. The van der Waals surface area contributed by atoms with Gasteiger partial charge >= 0.3 is 0 Å². The number of ether oxygens (including phenoxy) is 1. The molecule has 0 radical (unpaired) electrons. The summed E-state index contributed by atoms with van der Waals surface area (Å²) < 4.78 is 33.0. The minimum absolute atomic E-state index is 0.161. The first kappa shape index (κ1) is 22.5. The van der Waals surface area contributed by atoms with Crippen molar-refractivity contribution in [3.05, 3.63) is 99.6 Å². The molecule has 1 aliphatic heterocycles. The minimum atomic E-state index is -1.10. The van der Waals surface area contributed by atoms with E-state index in [2.05, 4.69) is 0 Å². The van der Waals surface area contributed by atoms with Crippen LogP contribution in [0.15, 0.2) is 66.2 Å². The van der Waals surface area contributed by atoms with Crippen LogP contribution in [0.5, 0.6) is 5.75 Å². The van der Waals surface area contributed by atoms with E-state index in [4.69, 9.17) is 16.3 Å². The SMILES string of the molecule is COc1ccccc1C1/C(=C(\O)c2ccc(F)c(C)c2)C(=O)C(=O)N1c1ccc(F)c(Cl)c1. The summed E-state index contributed by atoms with van der Waals surface area (Å²) >= 11 is 5.94. The minimum Gasteiger partial charge on any atom is -0.507 e. The smallest absolute Gasteiger partial charge is 0.300 e. The molecule has 1 heterocycles. The van der Waals surface area contributed by atoms with Crippen LogP contribution in [0.1, 0.15) is 22.7 Å². The van der Waals surface area contributed by atoms with Crippen molar-refractivity contribution in [1.82, 2.24) is 0 Å². The normalized spacial score (nSPS) is 17.5. The fourth-order valence-corrected chi connectivity index (χ4v) is 4.04. The summed E-state index contributed by atoms with van der Waals surface area (Å²) in [7, 11) is 1.43. The fourth-order valence-electron chi connectivity index (χ4n) is 3.87. The number of carbonyl (C=O) groups excluding carboxylic acids is 2. The number of ketones is 1.